The maximum Gasteiger partial charge on any atom is 0.268 e. The van der Waals surface area contributed by atoms with Crippen molar-refractivity contribution in [2.75, 3.05) is 0 Å². The number of halogens is 3. The Morgan fingerprint density at radius 2 is 1.90 bits per heavy atom. The highest BCUT2D eigenvalue weighted by Crippen LogP contribution is 2.44. The van der Waals surface area contributed by atoms with E-state index in [0.29, 0.717) is 6.92 Å². The molecular weight excluding hydrogens is 301 g/mol. The van der Waals surface area contributed by atoms with E-state index in [-0.39, 0.29) is 17.0 Å². The van der Waals surface area contributed by atoms with Crippen molar-refractivity contribution >= 4 is 22.8 Å². The van der Waals surface area contributed by atoms with Crippen molar-refractivity contribution in [3.8, 4) is 0 Å². The van der Waals surface area contributed by atoms with E-state index >= 15 is 0 Å². The van der Waals surface area contributed by atoms with Crippen molar-refractivity contribution in [1.29, 1.82) is 0 Å². The minimum atomic E-state index is -3.17. The van der Waals surface area contributed by atoms with Gasteiger partial charge in [-0.15, -0.1) is 0 Å². The number of hydrogen-bond acceptors (Lipinski definition) is 3. The standard InChI is InChI=1S/C14H15F3N2OS/c1-8(9-4-6-10(15)7-5-9)18-12-19-11(20)13(2,21-12)14(3,16)17/h4-8H,1-3H3,(H,18,19,20)/t8-,13+/m0/s1. The zero-order valence-corrected chi connectivity index (χ0v) is 12.6. The fourth-order valence-corrected chi connectivity index (χ4v) is 2.89. The molecule has 0 aromatic heterocycles. The molecule has 1 aliphatic rings. The molecule has 0 bridgehead atoms. The fourth-order valence-electron chi connectivity index (χ4n) is 1.82. The van der Waals surface area contributed by atoms with Crippen LogP contribution in [0, 0.1) is 5.82 Å². The predicted molar refractivity (Wildman–Crippen MR) is 77.0 cm³/mol. The van der Waals surface area contributed by atoms with E-state index in [1.165, 1.54) is 19.1 Å². The van der Waals surface area contributed by atoms with Gasteiger partial charge in [-0.05, 0) is 31.5 Å². The summed E-state index contributed by atoms with van der Waals surface area (Å²) in [4.78, 5) is 16.0. The number of nitrogens with zero attached hydrogens (tertiary/aromatic N) is 1. The Kier molecular flexibility index (Phi) is 4.06. The van der Waals surface area contributed by atoms with E-state index in [0.717, 1.165) is 17.3 Å². The molecule has 21 heavy (non-hydrogen) atoms. The fraction of sp³-hybridized carbons (Fsp3) is 0.429. The molecule has 1 aliphatic heterocycles. The van der Waals surface area contributed by atoms with Crippen molar-refractivity contribution in [3.05, 3.63) is 35.6 Å². The topological polar surface area (TPSA) is 41.5 Å². The van der Waals surface area contributed by atoms with Crippen LogP contribution < -0.4 is 5.32 Å². The maximum atomic E-state index is 13.6. The normalized spacial score (nSPS) is 26.0. The Labute approximate surface area is 125 Å². The number of carbonyl (C=O) groups excluding carboxylic acids is 1. The Morgan fingerprint density at radius 1 is 1.33 bits per heavy atom. The molecule has 0 spiro atoms. The predicted octanol–water partition coefficient (Wildman–Crippen LogP) is 3.52. The second-order valence-electron chi connectivity index (χ2n) is 5.14. The summed E-state index contributed by atoms with van der Waals surface area (Å²) in [6.45, 7) is 3.65. The van der Waals surface area contributed by atoms with Gasteiger partial charge in [0.2, 0.25) is 5.91 Å². The zero-order valence-electron chi connectivity index (χ0n) is 11.8. The number of carbonyl (C=O) groups is 1. The first-order chi connectivity index (χ1) is 9.63. The highest BCUT2D eigenvalue weighted by molar-refractivity contribution is 8.16. The number of amides is 1. The molecule has 7 heteroatoms. The molecule has 3 nitrogen and oxygen atoms in total. The second kappa shape index (κ2) is 5.36. The van der Waals surface area contributed by atoms with Crippen LogP contribution in [0.25, 0.3) is 0 Å². The lowest BCUT2D eigenvalue weighted by atomic mass is 10.0. The van der Waals surface area contributed by atoms with Crippen LogP contribution in [0.15, 0.2) is 29.3 Å². The van der Waals surface area contributed by atoms with Gasteiger partial charge in [0.05, 0.1) is 6.04 Å². The van der Waals surface area contributed by atoms with E-state index in [1.54, 1.807) is 19.1 Å². The van der Waals surface area contributed by atoms with E-state index in [4.69, 9.17) is 0 Å². The van der Waals surface area contributed by atoms with Crippen molar-refractivity contribution in [3.63, 3.8) is 0 Å². The molecule has 1 amide bonds. The molecule has 2 atom stereocenters. The number of rotatable bonds is 3. The van der Waals surface area contributed by atoms with Gasteiger partial charge in [-0.2, -0.15) is 0 Å². The van der Waals surface area contributed by atoms with Gasteiger partial charge >= 0.3 is 0 Å². The Balaban J connectivity index is 2.20. The summed E-state index contributed by atoms with van der Waals surface area (Å²) in [5, 5.41) is 2.54. The number of hydrogen-bond donors (Lipinski definition) is 1. The molecule has 1 heterocycles. The molecule has 114 valence electrons. The summed E-state index contributed by atoms with van der Waals surface area (Å²) in [5.74, 6) is -4.29. The van der Waals surface area contributed by atoms with Crippen molar-refractivity contribution in [2.24, 2.45) is 4.99 Å². The number of thioether (sulfide) groups is 1. The van der Waals surface area contributed by atoms with Gasteiger partial charge in [0.15, 0.2) is 9.91 Å². The highest BCUT2D eigenvalue weighted by atomic mass is 32.2. The van der Waals surface area contributed by atoms with Crippen LogP contribution >= 0.6 is 11.8 Å². The largest absolute Gasteiger partial charge is 0.304 e. The molecule has 0 radical (unpaired) electrons. The third-order valence-electron chi connectivity index (χ3n) is 3.46. The molecule has 1 N–H and O–H groups in total. The summed E-state index contributed by atoms with van der Waals surface area (Å²) < 4.78 is 38.1. The molecule has 0 saturated carbocycles. The Bertz CT molecular complexity index is 583. The average Bonchev–Trinajstić information content (AvgIpc) is 2.66. The minimum absolute atomic E-state index is 0.154. The average molecular weight is 316 g/mol. The molecule has 1 fully saturated rings. The van der Waals surface area contributed by atoms with Crippen molar-refractivity contribution in [1.82, 2.24) is 5.32 Å². The van der Waals surface area contributed by atoms with Crippen LogP contribution in [0.4, 0.5) is 13.2 Å². The first-order valence-corrected chi connectivity index (χ1v) is 7.17. The lowest BCUT2D eigenvalue weighted by Crippen LogP contribution is -2.47. The molecule has 0 unspecified atom stereocenters. The molecule has 0 aliphatic carbocycles. The molecular formula is C14H15F3N2OS. The van der Waals surface area contributed by atoms with E-state index in [2.05, 4.69) is 10.3 Å². The second-order valence-corrected chi connectivity index (χ2v) is 6.55. The Hall–Kier alpha value is -1.50. The van der Waals surface area contributed by atoms with Gasteiger partial charge in [0.25, 0.3) is 5.92 Å². The smallest absolute Gasteiger partial charge is 0.268 e. The van der Waals surface area contributed by atoms with Crippen LogP contribution in [-0.4, -0.2) is 21.7 Å². The van der Waals surface area contributed by atoms with Crippen LogP contribution in [0.2, 0.25) is 0 Å². The number of aliphatic imine (C=N–C) groups is 1. The van der Waals surface area contributed by atoms with Gasteiger partial charge in [0.1, 0.15) is 5.82 Å². The lowest BCUT2D eigenvalue weighted by molar-refractivity contribution is -0.129. The van der Waals surface area contributed by atoms with Crippen molar-refractivity contribution in [2.45, 2.75) is 37.5 Å². The quantitative estimate of drug-likeness (QED) is 0.927. The maximum absolute atomic E-state index is 13.6. The summed E-state index contributed by atoms with van der Waals surface area (Å²) in [6, 6.07) is 5.37. The zero-order chi connectivity index (χ0) is 15.8. The van der Waals surface area contributed by atoms with Crippen molar-refractivity contribution < 1.29 is 18.0 Å². The molecule has 1 aromatic carbocycles. The highest BCUT2D eigenvalue weighted by Gasteiger charge is 2.57. The summed E-state index contributed by atoms with van der Waals surface area (Å²) in [5.41, 5.74) is 0.732. The number of amidine groups is 1. The lowest BCUT2D eigenvalue weighted by Gasteiger charge is -2.25. The third-order valence-corrected chi connectivity index (χ3v) is 4.81. The monoisotopic (exact) mass is 316 g/mol. The first kappa shape index (κ1) is 15.9. The van der Waals surface area contributed by atoms with E-state index in [1.807, 2.05) is 0 Å². The molecule has 1 aromatic rings. The summed E-state index contributed by atoms with van der Waals surface area (Å²) in [7, 11) is 0. The van der Waals surface area contributed by atoms with Crippen LogP contribution in [-0.2, 0) is 4.79 Å². The number of nitrogens with one attached hydrogen (secondary N) is 1. The van der Waals surface area contributed by atoms with E-state index in [9.17, 15) is 18.0 Å². The molecule has 2 rings (SSSR count). The van der Waals surface area contributed by atoms with Gasteiger partial charge in [-0.3, -0.25) is 9.79 Å². The van der Waals surface area contributed by atoms with Crippen LogP contribution in [0.5, 0.6) is 0 Å². The summed E-state index contributed by atoms with van der Waals surface area (Å²) in [6.07, 6.45) is 0. The SMILES string of the molecule is C[C@H](N=C1NC(=O)[C@](C)(C(C)(F)F)S1)c1ccc(F)cc1. The van der Waals surface area contributed by atoms with Gasteiger partial charge in [-0.25, -0.2) is 13.2 Å². The van der Waals surface area contributed by atoms with Gasteiger partial charge in [-0.1, -0.05) is 23.9 Å². The van der Waals surface area contributed by atoms with Crippen LogP contribution in [0.3, 0.4) is 0 Å². The van der Waals surface area contributed by atoms with E-state index < -0.39 is 16.6 Å². The van der Waals surface area contributed by atoms with Gasteiger partial charge in [0, 0.05) is 6.92 Å². The first-order valence-electron chi connectivity index (χ1n) is 6.35. The molecule has 1 saturated heterocycles. The summed E-state index contributed by atoms with van der Waals surface area (Å²) >= 11 is 0.719. The number of alkyl halides is 2. The minimum Gasteiger partial charge on any atom is -0.304 e. The van der Waals surface area contributed by atoms with Crippen LogP contribution in [0.1, 0.15) is 32.4 Å². The van der Waals surface area contributed by atoms with Gasteiger partial charge < -0.3 is 5.32 Å². The third kappa shape index (κ3) is 3.07. The Morgan fingerprint density at radius 3 is 2.38 bits per heavy atom. The number of benzene rings is 1.